The van der Waals surface area contributed by atoms with E-state index in [1.807, 2.05) is 11.3 Å². The molecule has 2 fully saturated rings. The van der Waals surface area contributed by atoms with E-state index in [1.165, 1.54) is 41.6 Å². The van der Waals surface area contributed by atoms with Crippen LogP contribution in [0.3, 0.4) is 0 Å². The van der Waals surface area contributed by atoms with E-state index in [2.05, 4.69) is 58.4 Å². The quantitative estimate of drug-likeness (QED) is 0.811. The Bertz CT molecular complexity index is 493. The summed E-state index contributed by atoms with van der Waals surface area (Å²) in [7, 11) is 0. The van der Waals surface area contributed by atoms with Crippen LogP contribution in [0, 0.1) is 5.92 Å². The summed E-state index contributed by atoms with van der Waals surface area (Å²) in [6.07, 6.45) is 5.25. The summed E-state index contributed by atoms with van der Waals surface area (Å²) in [5, 5.41) is 6.12. The Balaban J connectivity index is 1.84. The predicted octanol–water partition coefficient (Wildman–Crippen LogP) is 4.64. The SMILES string of the molecule is CCC1(CC)CN(Cc2sccc2Br)C(C)(C2CC2)CN1. The summed E-state index contributed by atoms with van der Waals surface area (Å²) in [6.45, 7) is 10.5. The molecular weight excluding hydrogens is 344 g/mol. The molecule has 4 heteroatoms. The summed E-state index contributed by atoms with van der Waals surface area (Å²) in [4.78, 5) is 4.26. The number of hydrogen-bond acceptors (Lipinski definition) is 3. The number of halogens is 1. The van der Waals surface area contributed by atoms with E-state index >= 15 is 0 Å². The summed E-state index contributed by atoms with van der Waals surface area (Å²) in [5.41, 5.74) is 0.634. The van der Waals surface area contributed by atoms with Crippen LogP contribution in [-0.4, -0.2) is 29.1 Å². The van der Waals surface area contributed by atoms with Gasteiger partial charge in [0.05, 0.1) is 0 Å². The molecule has 1 unspecified atom stereocenters. The van der Waals surface area contributed by atoms with Gasteiger partial charge in [-0.3, -0.25) is 4.90 Å². The van der Waals surface area contributed by atoms with Crippen molar-refractivity contribution >= 4 is 27.3 Å². The van der Waals surface area contributed by atoms with Gasteiger partial charge in [0.25, 0.3) is 0 Å². The molecule has 0 aromatic carbocycles. The summed E-state index contributed by atoms with van der Waals surface area (Å²) in [5.74, 6) is 0.885. The van der Waals surface area contributed by atoms with Crippen molar-refractivity contribution in [2.75, 3.05) is 13.1 Å². The van der Waals surface area contributed by atoms with Gasteiger partial charge in [0, 0.05) is 40.1 Å². The molecule has 1 N–H and O–H groups in total. The van der Waals surface area contributed by atoms with Gasteiger partial charge in [0.15, 0.2) is 0 Å². The van der Waals surface area contributed by atoms with Gasteiger partial charge < -0.3 is 5.32 Å². The van der Waals surface area contributed by atoms with E-state index in [4.69, 9.17) is 0 Å². The van der Waals surface area contributed by atoms with Gasteiger partial charge in [0.1, 0.15) is 0 Å². The van der Waals surface area contributed by atoms with Crippen molar-refractivity contribution in [2.24, 2.45) is 5.92 Å². The molecule has 1 saturated carbocycles. The van der Waals surface area contributed by atoms with Crippen molar-refractivity contribution < 1.29 is 0 Å². The highest BCUT2D eigenvalue weighted by atomic mass is 79.9. The topological polar surface area (TPSA) is 15.3 Å². The number of nitrogens with zero attached hydrogens (tertiary/aromatic N) is 1. The first kappa shape index (κ1) is 16.0. The maximum Gasteiger partial charge on any atom is 0.0346 e. The lowest BCUT2D eigenvalue weighted by Gasteiger charge is -2.53. The average Bonchev–Trinajstić information content (AvgIpc) is 3.28. The fourth-order valence-corrected chi connectivity index (χ4v) is 5.25. The van der Waals surface area contributed by atoms with E-state index in [0.29, 0.717) is 11.1 Å². The van der Waals surface area contributed by atoms with Gasteiger partial charge >= 0.3 is 0 Å². The van der Waals surface area contributed by atoms with E-state index in [-0.39, 0.29) is 0 Å². The van der Waals surface area contributed by atoms with Gasteiger partial charge in [0.2, 0.25) is 0 Å². The van der Waals surface area contributed by atoms with Crippen LogP contribution in [0.2, 0.25) is 0 Å². The number of rotatable bonds is 5. The number of thiophene rings is 1. The van der Waals surface area contributed by atoms with E-state index in [1.54, 1.807) is 0 Å². The first-order valence-corrected chi connectivity index (χ1v) is 9.92. The first-order valence-electron chi connectivity index (χ1n) is 8.25. The van der Waals surface area contributed by atoms with Crippen molar-refractivity contribution in [3.05, 3.63) is 20.8 Å². The second-order valence-electron chi connectivity index (χ2n) is 7.02. The van der Waals surface area contributed by atoms with Crippen LogP contribution in [-0.2, 0) is 6.54 Å². The van der Waals surface area contributed by atoms with Crippen molar-refractivity contribution in [2.45, 2.75) is 64.1 Å². The molecule has 0 spiro atoms. The Morgan fingerprint density at radius 3 is 2.62 bits per heavy atom. The number of piperazine rings is 1. The lowest BCUT2D eigenvalue weighted by molar-refractivity contribution is -0.00788. The zero-order valence-corrected chi connectivity index (χ0v) is 15.8. The molecule has 3 rings (SSSR count). The van der Waals surface area contributed by atoms with E-state index < -0.39 is 0 Å². The van der Waals surface area contributed by atoms with Crippen LogP contribution in [0.5, 0.6) is 0 Å². The summed E-state index contributed by atoms with van der Waals surface area (Å²) in [6, 6.07) is 2.18. The molecule has 1 aliphatic heterocycles. The maximum atomic E-state index is 3.92. The third-order valence-electron chi connectivity index (χ3n) is 5.87. The number of nitrogens with one attached hydrogen (secondary N) is 1. The molecule has 2 heterocycles. The highest BCUT2D eigenvalue weighted by Gasteiger charge is 2.51. The third kappa shape index (κ3) is 2.97. The molecule has 1 aliphatic carbocycles. The van der Waals surface area contributed by atoms with Crippen LogP contribution < -0.4 is 5.32 Å². The molecule has 1 aromatic heterocycles. The van der Waals surface area contributed by atoms with Gasteiger partial charge in [-0.15, -0.1) is 11.3 Å². The molecule has 1 aromatic rings. The van der Waals surface area contributed by atoms with Gasteiger partial charge in [-0.05, 0) is 65.9 Å². The minimum Gasteiger partial charge on any atom is -0.308 e. The van der Waals surface area contributed by atoms with Crippen LogP contribution in [0.1, 0.15) is 51.3 Å². The second kappa shape index (κ2) is 5.95. The van der Waals surface area contributed by atoms with Crippen molar-refractivity contribution in [3.63, 3.8) is 0 Å². The number of hydrogen-bond donors (Lipinski definition) is 1. The smallest absolute Gasteiger partial charge is 0.0346 e. The van der Waals surface area contributed by atoms with Gasteiger partial charge in [-0.25, -0.2) is 0 Å². The molecule has 2 nitrogen and oxygen atoms in total. The highest BCUT2D eigenvalue weighted by Crippen LogP contribution is 2.46. The molecule has 21 heavy (non-hydrogen) atoms. The highest BCUT2D eigenvalue weighted by molar-refractivity contribution is 9.10. The minimum atomic E-state index is 0.304. The average molecular weight is 371 g/mol. The predicted molar refractivity (Wildman–Crippen MR) is 94.9 cm³/mol. The van der Waals surface area contributed by atoms with Gasteiger partial charge in [-0.2, -0.15) is 0 Å². The monoisotopic (exact) mass is 370 g/mol. The fraction of sp³-hybridized carbons (Fsp3) is 0.765. The molecule has 1 atom stereocenters. The molecule has 118 valence electrons. The molecule has 0 amide bonds. The van der Waals surface area contributed by atoms with E-state index in [9.17, 15) is 0 Å². The molecule has 0 radical (unpaired) electrons. The summed E-state index contributed by atoms with van der Waals surface area (Å²) >= 11 is 5.60. The molecule has 0 bridgehead atoms. The van der Waals surface area contributed by atoms with Crippen LogP contribution in [0.4, 0.5) is 0 Å². The lowest BCUT2D eigenvalue weighted by Crippen LogP contribution is -2.69. The van der Waals surface area contributed by atoms with Crippen LogP contribution in [0.25, 0.3) is 0 Å². The Hall–Kier alpha value is 0.1000. The Morgan fingerprint density at radius 1 is 1.38 bits per heavy atom. The first-order chi connectivity index (χ1) is 10.0. The minimum absolute atomic E-state index is 0.304. The lowest BCUT2D eigenvalue weighted by atomic mass is 9.82. The summed E-state index contributed by atoms with van der Waals surface area (Å²) < 4.78 is 1.28. The van der Waals surface area contributed by atoms with Crippen molar-refractivity contribution in [1.29, 1.82) is 0 Å². The largest absolute Gasteiger partial charge is 0.308 e. The van der Waals surface area contributed by atoms with Gasteiger partial charge in [-0.1, -0.05) is 13.8 Å². The van der Waals surface area contributed by atoms with E-state index in [0.717, 1.165) is 19.0 Å². The maximum absolute atomic E-state index is 3.92. The molecular formula is C17H27BrN2S. The second-order valence-corrected chi connectivity index (χ2v) is 8.88. The Labute approximate surface area is 141 Å². The Kier molecular flexibility index (Phi) is 4.53. The normalized spacial score (nSPS) is 29.7. The van der Waals surface area contributed by atoms with Crippen molar-refractivity contribution in [3.8, 4) is 0 Å². The standard InChI is InChI=1S/C17H27BrN2S/c1-4-17(5-2)12-20(10-15-14(18)8-9-21-15)16(3,11-19-17)13-6-7-13/h8-9,13,19H,4-7,10-12H2,1-3H3. The zero-order valence-electron chi connectivity index (χ0n) is 13.4. The molecule has 2 aliphatic rings. The zero-order chi connectivity index (χ0) is 15.1. The van der Waals surface area contributed by atoms with Crippen LogP contribution >= 0.6 is 27.3 Å². The Morgan fingerprint density at radius 2 is 2.10 bits per heavy atom. The molecule has 1 saturated heterocycles. The van der Waals surface area contributed by atoms with Crippen LogP contribution in [0.15, 0.2) is 15.9 Å². The van der Waals surface area contributed by atoms with Crippen molar-refractivity contribution in [1.82, 2.24) is 10.2 Å². The third-order valence-corrected chi connectivity index (χ3v) is 7.78. The fourth-order valence-electron chi connectivity index (χ4n) is 3.76.